The minimum Gasteiger partial charge on any atom is -0.456 e. The topological polar surface area (TPSA) is 30.1 Å². The Bertz CT molecular complexity index is 4090. The molecule has 0 bridgehead atoms. The van der Waals surface area contributed by atoms with Crippen molar-refractivity contribution in [1.82, 2.24) is 4.57 Å². The SMILES string of the molecule is CC(C)(C)c1ccc(Nc2cc3c(cc2-c2ccc4c5c6c(ccc5n5c4c2[B]c2cc4c(cc2-5)sc2ccccc24)oc2ccccc26)sc2cc4c(cc23)C(C)(C)CCC4(C)C)cc1. The van der Waals surface area contributed by atoms with Gasteiger partial charge in [0.05, 0.1) is 5.52 Å². The first-order valence-electron chi connectivity index (χ1n) is 23.4. The van der Waals surface area contributed by atoms with E-state index in [1.54, 1.807) is 0 Å². The molecule has 2 aliphatic rings. The molecule has 14 rings (SSSR count). The van der Waals surface area contributed by atoms with Crippen molar-refractivity contribution >= 4 is 136 Å². The normalized spacial score (nSPS) is 15.4. The highest BCUT2D eigenvalue weighted by Gasteiger charge is 2.38. The minimum atomic E-state index is 0.0670. The lowest BCUT2D eigenvalue weighted by Gasteiger charge is -2.41. The van der Waals surface area contributed by atoms with E-state index in [1.165, 1.54) is 125 Å². The van der Waals surface area contributed by atoms with E-state index in [0.717, 1.165) is 27.9 Å². The largest absolute Gasteiger partial charge is 0.456 e. The lowest BCUT2D eigenvalue weighted by molar-refractivity contribution is 0.332. The van der Waals surface area contributed by atoms with Gasteiger partial charge in [-0.15, -0.1) is 22.7 Å². The van der Waals surface area contributed by atoms with Gasteiger partial charge < -0.3 is 14.3 Å². The predicted octanol–water partition coefficient (Wildman–Crippen LogP) is 16.4. The first-order chi connectivity index (χ1) is 31.8. The van der Waals surface area contributed by atoms with Crippen molar-refractivity contribution in [2.75, 3.05) is 5.32 Å². The number of hydrogen-bond acceptors (Lipinski definition) is 4. The van der Waals surface area contributed by atoms with Crippen LogP contribution >= 0.6 is 22.7 Å². The number of fused-ring (bicyclic) bond motifs is 16. The molecule has 0 saturated carbocycles. The van der Waals surface area contributed by atoms with E-state index in [9.17, 15) is 0 Å². The maximum atomic E-state index is 6.55. The Labute approximate surface area is 392 Å². The molecule has 0 spiro atoms. The zero-order valence-electron chi connectivity index (χ0n) is 38.4. The lowest BCUT2D eigenvalue weighted by Crippen LogP contribution is -2.37. The summed E-state index contributed by atoms with van der Waals surface area (Å²) in [6.45, 7) is 16.6. The number of para-hydroxylation sites is 1. The molecule has 12 aromatic rings. The summed E-state index contributed by atoms with van der Waals surface area (Å²) in [7, 11) is 2.48. The van der Waals surface area contributed by atoms with Gasteiger partial charge in [0, 0.05) is 84.6 Å². The van der Waals surface area contributed by atoms with Crippen molar-refractivity contribution in [3.8, 4) is 16.8 Å². The second-order valence-corrected chi connectivity index (χ2v) is 23.6. The maximum absolute atomic E-state index is 6.55. The molecule has 1 aliphatic carbocycles. The third-order valence-corrected chi connectivity index (χ3v) is 17.7. The van der Waals surface area contributed by atoms with Gasteiger partial charge in [0.2, 0.25) is 0 Å². The monoisotopic (exact) mass is 887 g/mol. The second kappa shape index (κ2) is 13.2. The molecular formula is C60H48BN2OS2. The van der Waals surface area contributed by atoms with Gasteiger partial charge in [-0.05, 0) is 129 Å². The summed E-state index contributed by atoms with van der Waals surface area (Å²) in [6, 6.07) is 50.6. The quantitative estimate of drug-likeness (QED) is 0.179. The predicted molar refractivity (Wildman–Crippen MR) is 288 cm³/mol. The van der Waals surface area contributed by atoms with Gasteiger partial charge in [0.15, 0.2) is 7.28 Å². The van der Waals surface area contributed by atoms with Gasteiger partial charge in [-0.3, -0.25) is 0 Å². The standard InChI is InChI=1S/C60H48BN2OS2/c1-58(2,3)32-16-18-33(19-17-32)62-45-28-41-39-26-42-43(60(6,7)25-24-59(42,4)5)30-52(39)66-51(41)29-38(45)35-20-21-37-54-46(22-23-49-55(54)36-13-8-10-14-48(36)64-49)63-47-31-53-40(27-44(47)61-56(35)57(37)63)34-12-9-11-15-50(34)65-53/h8-23,26-31,62H,24-25H2,1-7H3. The van der Waals surface area contributed by atoms with Crippen LogP contribution in [0.3, 0.4) is 0 Å². The van der Waals surface area contributed by atoms with Crippen molar-refractivity contribution in [2.45, 2.75) is 77.6 Å². The molecule has 0 unspecified atom stereocenters. The van der Waals surface area contributed by atoms with E-state index < -0.39 is 0 Å². The fourth-order valence-electron chi connectivity index (χ4n) is 11.7. The van der Waals surface area contributed by atoms with Gasteiger partial charge in [-0.1, -0.05) is 121 Å². The molecule has 0 saturated heterocycles. The van der Waals surface area contributed by atoms with Crippen LogP contribution in [-0.2, 0) is 16.2 Å². The molecule has 66 heavy (non-hydrogen) atoms. The van der Waals surface area contributed by atoms with E-state index >= 15 is 0 Å². The molecule has 4 aromatic heterocycles. The Morgan fingerprint density at radius 3 is 2.06 bits per heavy atom. The first-order valence-corrected chi connectivity index (χ1v) is 25.1. The zero-order valence-corrected chi connectivity index (χ0v) is 40.0. The van der Waals surface area contributed by atoms with Crippen LogP contribution in [0.1, 0.15) is 78.0 Å². The molecule has 0 fully saturated rings. The van der Waals surface area contributed by atoms with Crippen LogP contribution in [0, 0.1) is 0 Å². The summed E-state index contributed by atoms with van der Waals surface area (Å²) in [6.07, 6.45) is 2.40. The summed E-state index contributed by atoms with van der Waals surface area (Å²) in [5, 5.41) is 14.1. The number of anilines is 2. The van der Waals surface area contributed by atoms with E-state index in [0.29, 0.717) is 0 Å². The number of furan rings is 1. The molecule has 0 atom stereocenters. The van der Waals surface area contributed by atoms with Crippen molar-refractivity contribution in [2.24, 2.45) is 0 Å². The lowest BCUT2D eigenvalue weighted by atomic mass is 9.59. The van der Waals surface area contributed by atoms with Crippen LogP contribution in [0.25, 0.3) is 101 Å². The van der Waals surface area contributed by atoms with E-state index in [2.05, 4.69) is 199 Å². The highest BCUT2D eigenvalue weighted by atomic mass is 32.1. The fraction of sp³-hybridized carbons (Fsp3) is 0.200. The highest BCUT2D eigenvalue weighted by molar-refractivity contribution is 7.26. The van der Waals surface area contributed by atoms with Gasteiger partial charge >= 0.3 is 0 Å². The van der Waals surface area contributed by atoms with E-state index in [4.69, 9.17) is 4.42 Å². The third kappa shape index (κ3) is 5.43. The average molecular weight is 888 g/mol. The highest BCUT2D eigenvalue weighted by Crippen LogP contribution is 2.51. The molecule has 1 N–H and O–H groups in total. The van der Waals surface area contributed by atoms with Crippen molar-refractivity contribution in [3.05, 3.63) is 150 Å². The van der Waals surface area contributed by atoms with Gasteiger partial charge in [-0.2, -0.15) is 0 Å². The zero-order chi connectivity index (χ0) is 44.6. The summed E-state index contributed by atoms with van der Waals surface area (Å²) < 4.78 is 14.4. The second-order valence-electron chi connectivity index (χ2n) is 21.4. The van der Waals surface area contributed by atoms with E-state index in [1.807, 2.05) is 22.7 Å². The van der Waals surface area contributed by atoms with Crippen LogP contribution in [0.4, 0.5) is 11.4 Å². The van der Waals surface area contributed by atoms with Crippen molar-refractivity contribution < 1.29 is 4.42 Å². The van der Waals surface area contributed by atoms with Crippen LogP contribution in [-0.4, -0.2) is 11.8 Å². The molecule has 319 valence electrons. The number of thiophene rings is 2. The Kier molecular flexibility index (Phi) is 7.77. The smallest absolute Gasteiger partial charge is 0.197 e. The molecule has 3 nitrogen and oxygen atoms in total. The van der Waals surface area contributed by atoms with Crippen LogP contribution in [0.2, 0.25) is 0 Å². The third-order valence-electron chi connectivity index (χ3n) is 15.4. The van der Waals surface area contributed by atoms with Crippen LogP contribution in [0.15, 0.2) is 138 Å². The van der Waals surface area contributed by atoms with Gasteiger partial charge in [0.1, 0.15) is 11.2 Å². The minimum absolute atomic E-state index is 0.0670. The molecular weight excluding hydrogens is 840 g/mol. The Balaban J connectivity index is 1.07. The first kappa shape index (κ1) is 38.9. The number of hydrogen-bond donors (Lipinski definition) is 1. The molecule has 1 radical (unpaired) electrons. The number of nitrogens with zero attached hydrogens (tertiary/aromatic N) is 1. The molecule has 0 amide bonds. The molecule has 6 heteroatoms. The number of aromatic nitrogens is 1. The Morgan fingerprint density at radius 2 is 1.26 bits per heavy atom. The molecule has 5 heterocycles. The van der Waals surface area contributed by atoms with Gasteiger partial charge in [-0.25, -0.2) is 0 Å². The number of nitrogens with one attached hydrogen (secondary N) is 1. The van der Waals surface area contributed by atoms with Crippen molar-refractivity contribution in [1.29, 1.82) is 0 Å². The average Bonchev–Trinajstić information content (AvgIpc) is 4.06. The maximum Gasteiger partial charge on any atom is 0.197 e. The summed E-state index contributed by atoms with van der Waals surface area (Å²) in [4.78, 5) is 0. The Hall–Kier alpha value is -6.34. The van der Waals surface area contributed by atoms with Crippen LogP contribution in [0.5, 0.6) is 0 Å². The summed E-state index contributed by atoms with van der Waals surface area (Å²) in [5.41, 5.74) is 17.3. The van der Waals surface area contributed by atoms with Crippen molar-refractivity contribution in [3.63, 3.8) is 0 Å². The van der Waals surface area contributed by atoms with Gasteiger partial charge in [0.25, 0.3) is 0 Å². The summed E-state index contributed by atoms with van der Waals surface area (Å²) >= 11 is 3.83. The number of rotatable bonds is 3. The van der Waals surface area contributed by atoms with E-state index in [-0.39, 0.29) is 16.2 Å². The Morgan fingerprint density at radius 1 is 0.576 bits per heavy atom. The number of benzene rings is 8. The van der Waals surface area contributed by atoms with Crippen LogP contribution < -0.4 is 16.2 Å². The fourth-order valence-corrected chi connectivity index (χ4v) is 14.0. The molecule has 8 aromatic carbocycles. The summed E-state index contributed by atoms with van der Waals surface area (Å²) in [5.74, 6) is 0. The molecule has 1 aliphatic heterocycles.